The van der Waals surface area contributed by atoms with Crippen molar-refractivity contribution in [3.63, 3.8) is 0 Å². The third-order valence-corrected chi connectivity index (χ3v) is 4.35. The summed E-state index contributed by atoms with van der Waals surface area (Å²) in [5.41, 5.74) is -0.525. The molecule has 8 heteroatoms. The fraction of sp³-hybridized carbons (Fsp3) is 0.0769. The lowest BCUT2D eigenvalue weighted by Gasteiger charge is -2.11. The number of nitrogens with one attached hydrogen (secondary N) is 1. The van der Waals surface area contributed by atoms with Crippen LogP contribution in [-0.4, -0.2) is 13.5 Å². The van der Waals surface area contributed by atoms with E-state index in [1.807, 2.05) is 0 Å². The minimum absolute atomic E-state index is 0.175. The summed E-state index contributed by atoms with van der Waals surface area (Å²) in [5.74, 6) is -2.33. The maximum atomic E-state index is 14.0. The first kappa shape index (κ1) is 15.7. The van der Waals surface area contributed by atoms with Crippen LogP contribution in [0.3, 0.4) is 0 Å². The Morgan fingerprint density at radius 1 is 1.10 bits per heavy atom. The molecule has 0 saturated heterocycles. The van der Waals surface area contributed by atoms with Gasteiger partial charge in [-0.2, -0.15) is 0 Å². The second-order valence-electron chi connectivity index (χ2n) is 4.11. The zero-order valence-corrected chi connectivity index (χ0v) is 12.0. The summed E-state index contributed by atoms with van der Waals surface area (Å²) >= 11 is 5.68. The van der Waals surface area contributed by atoms with E-state index in [4.69, 9.17) is 16.7 Å². The molecule has 0 aromatic heterocycles. The molecule has 0 radical (unpaired) electrons. The maximum Gasteiger partial charge on any atom is 0.264 e. The van der Waals surface area contributed by atoms with Crippen LogP contribution in [0.4, 0.5) is 14.5 Å². The molecule has 112 valence electrons. The van der Waals surface area contributed by atoms with E-state index in [9.17, 15) is 17.2 Å². The summed E-state index contributed by atoms with van der Waals surface area (Å²) in [6.07, 6.45) is 0. The third-order valence-electron chi connectivity index (χ3n) is 2.69. The number of aliphatic hydroxyl groups excluding tert-OH is 1. The van der Waals surface area contributed by atoms with E-state index in [1.54, 1.807) is 0 Å². The van der Waals surface area contributed by atoms with Crippen LogP contribution in [0.15, 0.2) is 41.3 Å². The molecule has 0 unspecified atom stereocenters. The molecule has 0 spiro atoms. The number of benzene rings is 2. The van der Waals surface area contributed by atoms with Crippen LogP contribution in [0, 0.1) is 11.6 Å². The minimum atomic E-state index is -4.25. The van der Waals surface area contributed by atoms with Gasteiger partial charge in [0.25, 0.3) is 10.0 Å². The van der Waals surface area contributed by atoms with Crippen molar-refractivity contribution in [2.24, 2.45) is 0 Å². The fourth-order valence-corrected chi connectivity index (χ4v) is 2.95. The van der Waals surface area contributed by atoms with Gasteiger partial charge >= 0.3 is 0 Å². The molecule has 2 aromatic carbocycles. The standard InChI is InChI=1S/C13H10ClF2NO3S/c14-8-1-3-9(4-2-8)17-21(19,20)12-6-5-11(15)10(7-18)13(12)16/h1-6,17-18H,7H2. The van der Waals surface area contributed by atoms with Gasteiger partial charge in [-0.05, 0) is 36.4 Å². The second kappa shape index (κ2) is 5.97. The van der Waals surface area contributed by atoms with Crippen LogP contribution in [0.2, 0.25) is 5.02 Å². The van der Waals surface area contributed by atoms with E-state index in [0.717, 1.165) is 12.1 Å². The number of rotatable bonds is 4. The average Bonchev–Trinajstić information content (AvgIpc) is 2.41. The van der Waals surface area contributed by atoms with Crippen molar-refractivity contribution >= 4 is 27.3 Å². The monoisotopic (exact) mass is 333 g/mol. The highest BCUT2D eigenvalue weighted by atomic mass is 35.5. The molecule has 4 nitrogen and oxygen atoms in total. The van der Waals surface area contributed by atoms with E-state index < -0.39 is 38.7 Å². The summed E-state index contributed by atoms with van der Waals surface area (Å²) in [6, 6.07) is 7.29. The molecule has 2 rings (SSSR count). The zero-order valence-electron chi connectivity index (χ0n) is 10.5. The Labute approximate surface area is 125 Å². The van der Waals surface area contributed by atoms with Crippen molar-refractivity contribution in [3.8, 4) is 0 Å². The van der Waals surface area contributed by atoms with Crippen molar-refractivity contribution in [1.82, 2.24) is 0 Å². The summed E-state index contributed by atoms with van der Waals surface area (Å²) in [7, 11) is -4.25. The van der Waals surface area contributed by atoms with Crippen LogP contribution >= 0.6 is 11.6 Å². The van der Waals surface area contributed by atoms with Crippen LogP contribution in [0.25, 0.3) is 0 Å². The van der Waals surface area contributed by atoms with E-state index in [-0.39, 0.29) is 5.69 Å². The molecule has 0 aliphatic rings. The molecule has 2 aromatic rings. The van der Waals surface area contributed by atoms with Gasteiger partial charge in [0, 0.05) is 10.7 Å². The Bertz CT molecular complexity index is 764. The quantitative estimate of drug-likeness (QED) is 0.904. The molecule has 0 heterocycles. The molecule has 0 aliphatic carbocycles. The van der Waals surface area contributed by atoms with Gasteiger partial charge in [0.05, 0.1) is 12.2 Å². The number of sulfonamides is 1. The van der Waals surface area contributed by atoms with E-state index >= 15 is 0 Å². The number of halogens is 3. The number of hydrogen-bond acceptors (Lipinski definition) is 3. The molecule has 0 aliphatic heterocycles. The lowest BCUT2D eigenvalue weighted by molar-refractivity contribution is 0.267. The molecule has 0 atom stereocenters. The average molecular weight is 334 g/mol. The smallest absolute Gasteiger partial charge is 0.264 e. The van der Waals surface area contributed by atoms with Crippen molar-refractivity contribution in [2.75, 3.05) is 4.72 Å². The van der Waals surface area contributed by atoms with Crippen LogP contribution in [-0.2, 0) is 16.6 Å². The van der Waals surface area contributed by atoms with Gasteiger partial charge in [-0.3, -0.25) is 4.72 Å². The molecular formula is C13H10ClF2NO3S. The first-order valence-electron chi connectivity index (χ1n) is 5.71. The Balaban J connectivity index is 2.42. The van der Waals surface area contributed by atoms with Gasteiger partial charge in [0.15, 0.2) is 5.82 Å². The molecule has 21 heavy (non-hydrogen) atoms. The third kappa shape index (κ3) is 3.31. The van der Waals surface area contributed by atoms with E-state index in [1.165, 1.54) is 24.3 Å². The van der Waals surface area contributed by atoms with Gasteiger partial charge < -0.3 is 5.11 Å². The van der Waals surface area contributed by atoms with Crippen LogP contribution in [0.1, 0.15) is 5.56 Å². The maximum absolute atomic E-state index is 14.0. The molecular weight excluding hydrogens is 324 g/mol. The summed E-state index contributed by atoms with van der Waals surface area (Å²) < 4.78 is 53.6. The molecule has 0 bridgehead atoms. The Kier molecular flexibility index (Phi) is 4.46. The molecule has 0 amide bonds. The topological polar surface area (TPSA) is 66.4 Å². The van der Waals surface area contributed by atoms with Crippen molar-refractivity contribution in [2.45, 2.75) is 11.5 Å². The number of anilines is 1. The first-order valence-corrected chi connectivity index (χ1v) is 7.57. The highest BCUT2D eigenvalue weighted by Crippen LogP contribution is 2.24. The van der Waals surface area contributed by atoms with Gasteiger partial charge in [-0.1, -0.05) is 11.6 Å². The van der Waals surface area contributed by atoms with Crippen LogP contribution in [0.5, 0.6) is 0 Å². The highest BCUT2D eigenvalue weighted by Gasteiger charge is 2.23. The largest absolute Gasteiger partial charge is 0.391 e. The first-order chi connectivity index (χ1) is 9.85. The van der Waals surface area contributed by atoms with Crippen molar-refractivity contribution < 1.29 is 22.3 Å². The molecule has 0 saturated carbocycles. The van der Waals surface area contributed by atoms with Gasteiger partial charge in [0.2, 0.25) is 0 Å². The Morgan fingerprint density at radius 2 is 1.71 bits per heavy atom. The Hall–Kier alpha value is -1.70. The zero-order chi connectivity index (χ0) is 15.6. The van der Waals surface area contributed by atoms with Gasteiger partial charge in [0.1, 0.15) is 10.7 Å². The lowest BCUT2D eigenvalue weighted by atomic mass is 10.2. The number of hydrogen-bond donors (Lipinski definition) is 2. The van der Waals surface area contributed by atoms with Gasteiger partial charge in [-0.15, -0.1) is 0 Å². The number of aliphatic hydroxyl groups is 1. The predicted molar refractivity (Wildman–Crippen MR) is 74.5 cm³/mol. The normalized spacial score (nSPS) is 11.4. The lowest BCUT2D eigenvalue weighted by Crippen LogP contribution is -2.16. The van der Waals surface area contributed by atoms with Gasteiger partial charge in [-0.25, -0.2) is 17.2 Å². The van der Waals surface area contributed by atoms with E-state index in [2.05, 4.69) is 4.72 Å². The Morgan fingerprint density at radius 3 is 2.29 bits per heavy atom. The highest BCUT2D eigenvalue weighted by molar-refractivity contribution is 7.92. The second-order valence-corrected chi connectivity index (χ2v) is 6.20. The summed E-state index contributed by atoms with van der Waals surface area (Å²) in [6.45, 7) is -0.942. The van der Waals surface area contributed by atoms with E-state index in [0.29, 0.717) is 5.02 Å². The minimum Gasteiger partial charge on any atom is -0.391 e. The van der Waals surface area contributed by atoms with Crippen LogP contribution < -0.4 is 4.72 Å². The molecule has 2 N–H and O–H groups in total. The summed E-state index contributed by atoms with van der Waals surface area (Å²) in [5, 5.41) is 9.31. The molecule has 0 fully saturated rings. The van der Waals surface area contributed by atoms with Crippen molar-refractivity contribution in [1.29, 1.82) is 0 Å². The van der Waals surface area contributed by atoms with Crippen molar-refractivity contribution in [3.05, 3.63) is 58.6 Å². The predicted octanol–water partition coefficient (Wildman–Crippen LogP) is 2.91. The fourth-order valence-electron chi connectivity index (χ4n) is 1.66. The summed E-state index contributed by atoms with van der Waals surface area (Å²) in [4.78, 5) is -0.747. The SMILES string of the molecule is O=S(=O)(Nc1ccc(Cl)cc1)c1ccc(F)c(CO)c1F.